The van der Waals surface area contributed by atoms with E-state index in [2.05, 4.69) is 47.6 Å². The summed E-state index contributed by atoms with van der Waals surface area (Å²) in [7, 11) is 0. The van der Waals surface area contributed by atoms with Crippen molar-refractivity contribution in [2.75, 3.05) is 0 Å². The van der Waals surface area contributed by atoms with Crippen LogP contribution in [-0.4, -0.2) is 33.5 Å². The Morgan fingerprint density at radius 2 is 1.71 bits per heavy atom. The van der Waals surface area contributed by atoms with Crippen molar-refractivity contribution in [1.29, 1.82) is 0 Å². The Morgan fingerprint density at radius 3 is 2.32 bits per heavy atom. The second-order valence-corrected chi connectivity index (χ2v) is 13.4. The molecule has 2 saturated carbocycles. The highest BCUT2D eigenvalue weighted by molar-refractivity contribution is 5.76. The van der Waals surface area contributed by atoms with Gasteiger partial charge in [-0.2, -0.15) is 0 Å². The number of hydrogen-bond donors (Lipinski definition) is 3. The Morgan fingerprint density at radius 1 is 1.03 bits per heavy atom. The van der Waals surface area contributed by atoms with Crippen molar-refractivity contribution in [2.24, 2.45) is 39.4 Å². The van der Waals surface area contributed by atoms with Crippen LogP contribution in [0.1, 0.15) is 106 Å². The van der Waals surface area contributed by atoms with Crippen LogP contribution in [0.5, 0.6) is 0 Å². The van der Waals surface area contributed by atoms with Gasteiger partial charge in [-0.1, -0.05) is 50.5 Å². The number of carbonyl (C=O) groups is 1. The molecule has 0 aromatic heterocycles. The minimum absolute atomic E-state index is 0.0185. The summed E-state index contributed by atoms with van der Waals surface area (Å²) >= 11 is 0. The second-order valence-electron chi connectivity index (χ2n) is 13.4. The summed E-state index contributed by atoms with van der Waals surface area (Å²) in [6.45, 7) is 15.5. The van der Waals surface area contributed by atoms with E-state index in [1.165, 1.54) is 11.1 Å². The summed E-state index contributed by atoms with van der Waals surface area (Å²) < 4.78 is 0. The van der Waals surface area contributed by atoms with Crippen LogP contribution in [0.2, 0.25) is 0 Å². The van der Waals surface area contributed by atoms with E-state index in [0.29, 0.717) is 12.3 Å². The molecule has 192 valence electrons. The number of allylic oxidation sites excluding steroid dienone is 3. The molecule has 0 aromatic rings. The van der Waals surface area contributed by atoms with Crippen molar-refractivity contribution in [1.82, 2.24) is 0 Å². The lowest BCUT2D eigenvalue weighted by Crippen LogP contribution is -2.58. The third-order valence-electron chi connectivity index (χ3n) is 11.9. The molecule has 9 unspecified atom stereocenters. The van der Waals surface area contributed by atoms with Crippen LogP contribution in [0.15, 0.2) is 22.8 Å². The lowest BCUT2D eigenvalue weighted by molar-refractivity contribution is -0.175. The SMILES string of the molecule is CC(C)=CCC(O)C(C)C1CCC2(C)C3=C(CCC12C)C1(C)CCC(O)C(C)(C(=O)O)C1CC3. The Hall–Kier alpha value is -1.13. The molecule has 4 nitrogen and oxygen atoms in total. The van der Waals surface area contributed by atoms with Gasteiger partial charge < -0.3 is 15.3 Å². The molecular weight excluding hydrogens is 424 g/mol. The molecule has 0 radical (unpaired) electrons. The molecule has 0 saturated heterocycles. The molecule has 2 fully saturated rings. The molecule has 0 aliphatic heterocycles. The van der Waals surface area contributed by atoms with Gasteiger partial charge in [0.05, 0.1) is 17.6 Å². The Labute approximate surface area is 206 Å². The highest BCUT2D eigenvalue weighted by Crippen LogP contribution is 2.72. The fraction of sp³-hybridized carbons (Fsp3) is 0.833. The van der Waals surface area contributed by atoms with Gasteiger partial charge in [-0.3, -0.25) is 4.79 Å². The highest BCUT2D eigenvalue weighted by atomic mass is 16.4. The van der Waals surface area contributed by atoms with Crippen LogP contribution in [-0.2, 0) is 4.79 Å². The van der Waals surface area contributed by atoms with Crippen LogP contribution in [0.4, 0.5) is 0 Å². The van der Waals surface area contributed by atoms with Crippen molar-refractivity contribution in [3.05, 3.63) is 22.8 Å². The second kappa shape index (κ2) is 8.47. The lowest BCUT2D eigenvalue weighted by atomic mass is 9.43. The maximum atomic E-state index is 12.4. The predicted octanol–water partition coefficient (Wildman–Crippen LogP) is 6.51. The summed E-state index contributed by atoms with van der Waals surface area (Å²) in [5.41, 5.74) is 3.45. The minimum Gasteiger partial charge on any atom is -0.481 e. The monoisotopic (exact) mass is 472 g/mol. The summed E-state index contributed by atoms with van der Waals surface area (Å²) in [6, 6.07) is 0. The van der Waals surface area contributed by atoms with E-state index in [1.54, 1.807) is 12.5 Å². The Balaban J connectivity index is 1.69. The molecule has 34 heavy (non-hydrogen) atoms. The number of rotatable bonds is 5. The summed E-state index contributed by atoms with van der Waals surface area (Å²) in [4.78, 5) is 12.4. The van der Waals surface area contributed by atoms with Gasteiger partial charge in [0.2, 0.25) is 0 Å². The topological polar surface area (TPSA) is 77.8 Å². The number of aliphatic carboxylic acids is 1. The van der Waals surface area contributed by atoms with E-state index >= 15 is 0 Å². The largest absolute Gasteiger partial charge is 0.481 e. The van der Waals surface area contributed by atoms with Gasteiger partial charge in [0.1, 0.15) is 0 Å². The van der Waals surface area contributed by atoms with Crippen molar-refractivity contribution in [3.8, 4) is 0 Å². The maximum absolute atomic E-state index is 12.4. The van der Waals surface area contributed by atoms with Gasteiger partial charge in [0, 0.05) is 0 Å². The molecule has 3 N–H and O–H groups in total. The molecule has 0 aromatic carbocycles. The Kier molecular flexibility index (Phi) is 6.47. The standard InChI is InChI=1S/C30H48O4/c1-18(2)8-10-23(31)19(3)20-12-16-29(6)22-9-11-24-27(4,21(22)13-17-28(20,29)5)15-14-25(32)30(24,7)26(33)34/h8,19-20,23-25,31-32H,9-17H2,1-7H3,(H,33,34). The van der Waals surface area contributed by atoms with Crippen LogP contribution >= 0.6 is 0 Å². The van der Waals surface area contributed by atoms with Crippen molar-refractivity contribution in [3.63, 3.8) is 0 Å². The molecular formula is C30H48O4. The number of aliphatic hydroxyl groups is 2. The maximum Gasteiger partial charge on any atom is 0.312 e. The fourth-order valence-electron chi connectivity index (χ4n) is 9.39. The molecule has 0 bridgehead atoms. The van der Waals surface area contributed by atoms with Crippen molar-refractivity contribution in [2.45, 2.75) is 118 Å². The number of carboxylic acids is 1. The molecule has 0 spiro atoms. The number of aliphatic hydroxyl groups excluding tert-OH is 2. The summed E-state index contributed by atoms with van der Waals surface area (Å²) in [6.07, 6.45) is 9.54. The fourth-order valence-corrected chi connectivity index (χ4v) is 9.39. The Bertz CT molecular complexity index is 899. The zero-order chi connectivity index (χ0) is 25.3. The van der Waals surface area contributed by atoms with E-state index in [-0.39, 0.29) is 34.2 Å². The highest BCUT2D eigenvalue weighted by Gasteiger charge is 2.65. The van der Waals surface area contributed by atoms with Gasteiger partial charge >= 0.3 is 5.97 Å². The number of carboxylic acid groups (broad SMARTS) is 1. The van der Waals surface area contributed by atoms with E-state index in [1.807, 2.05) is 0 Å². The molecule has 0 amide bonds. The normalized spacial score (nSPS) is 45.6. The average molecular weight is 473 g/mol. The first-order valence-electron chi connectivity index (χ1n) is 13.7. The number of fused-ring (bicyclic) bond motifs is 4. The van der Waals surface area contributed by atoms with Crippen LogP contribution in [0, 0.1) is 39.4 Å². The smallest absolute Gasteiger partial charge is 0.312 e. The third kappa shape index (κ3) is 3.41. The summed E-state index contributed by atoms with van der Waals surface area (Å²) in [5.74, 6) is -0.103. The van der Waals surface area contributed by atoms with E-state index in [4.69, 9.17) is 0 Å². The van der Waals surface area contributed by atoms with Gasteiger partial charge in [-0.15, -0.1) is 0 Å². The number of hydrogen-bond acceptors (Lipinski definition) is 3. The molecule has 0 heterocycles. The van der Waals surface area contributed by atoms with Gasteiger partial charge in [0.25, 0.3) is 0 Å². The van der Waals surface area contributed by atoms with E-state index in [9.17, 15) is 20.1 Å². The molecule has 4 rings (SSSR count). The van der Waals surface area contributed by atoms with E-state index in [0.717, 1.165) is 51.4 Å². The summed E-state index contributed by atoms with van der Waals surface area (Å²) in [5, 5.41) is 32.0. The quantitative estimate of drug-likeness (QED) is 0.398. The molecule has 4 aliphatic carbocycles. The molecule has 9 atom stereocenters. The van der Waals surface area contributed by atoms with Crippen molar-refractivity contribution >= 4 is 5.97 Å². The van der Waals surface area contributed by atoms with E-state index < -0.39 is 17.5 Å². The first-order valence-corrected chi connectivity index (χ1v) is 13.7. The first-order chi connectivity index (χ1) is 15.7. The third-order valence-corrected chi connectivity index (χ3v) is 11.9. The minimum atomic E-state index is -1.07. The molecule has 4 heteroatoms. The lowest BCUT2D eigenvalue weighted by Gasteiger charge is -2.61. The van der Waals surface area contributed by atoms with Gasteiger partial charge in [-0.05, 0) is 113 Å². The van der Waals surface area contributed by atoms with Crippen molar-refractivity contribution < 1.29 is 20.1 Å². The average Bonchev–Trinajstić information content (AvgIpc) is 3.05. The predicted molar refractivity (Wildman–Crippen MR) is 136 cm³/mol. The van der Waals surface area contributed by atoms with Crippen LogP contribution in [0.25, 0.3) is 0 Å². The van der Waals surface area contributed by atoms with Crippen LogP contribution in [0.3, 0.4) is 0 Å². The zero-order valence-corrected chi connectivity index (χ0v) is 22.6. The molecule has 4 aliphatic rings. The van der Waals surface area contributed by atoms with Crippen LogP contribution < -0.4 is 0 Å². The van der Waals surface area contributed by atoms with Gasteiger partial charge in [-0.25, -0.2) is 0 Å². The zero-order valence-electron chi connectivity index (χ0n) is 22.6. The van der Waals surface area contributed by atoms with Gasteiger partial charge in [0.15, 0.2) is 0 Å². The first kappa shape index (κ1) is 25.9.